The maximum Gasteiger partial charge on any atom is 0.255 e. The highest BCUT2D eigenvalue weighted by Crippen LogP contribution is 2.41. The maximum atomic E-state index is 13.5. The van der Waals surface area contributed by atoms with Crippen molar-refractivity contribution in [1.29, 1.82) is 0 Å². The number of halogens is 2. The highest BCUT2D eigenvalue weighted by molar-refractivity contribution is 6.42. The first-order valence-corrected chi connectivity index (χ1v) is 10.8. The standard InChI is InChI=1S/C23H17Cl2N7O/c1-13-18(22(33)29-15-4-3-9-27-12-15)20(16-5-2-6-17(24)19(16)25)32-23(28-13)30-21(31-32)14-7-10-26-11-8-14/h2-12,20H,1H3,(H,29,33)(H,28,30,31). The molecule has 4 aromatic rings. The number of nitrogens with zero attached hydrogens (tertiary/aromatic N) is 5. The van der Waals surface area contributed by atoms with Gasteiger partial charge in [0, 0.05) is 35.4 Å². The summed E-state index contributed by atoms with van der Waals surface area (Å²) in [5.41, 5.74) is 3.05. The van der Waals surface area contributed by atoms with Gasteiger partial charge >= 0.3 is 0 Å². The van der Waals surface area contributed by atoms with Crippen molar-refractivity contribution in [2.75, 3.05) is 10.6 Å². The fourth-order valence-corrected chi connectivity index (χ4v) is 4.13. The first-order chi connectivity index (χ1) is 16.0. The van der Waals surface area contributed by atoms with E-state index in [1.54, 1.807) is 53.7 Å². The summed E-state index contributed by atoms with van der Waals surface area (Å²) in [5, 5.41) is 11.5. The number of rotatable bonds is 4. The lowest BCUT2D eigenvalue weighted by molar-refractivity contribution is -0.113. The van der Waals surface area contributed by atoms with E-state index in [-0.39, 0.29) is 5.91 Å². The van der Waals surface area contributed by atoms with Crippen LogP contribution in [-0.2, 0) is 4.79 Å². The van der Waals surface area contributed by atoms with E-state index in [1.807, 2.05) is 25.1 Å². The van der Waals surface area contributed by atoms with Crippen LogP contribution >= 0.6 is 23.2 Å². The summed E-state index contributed by atoms with van der Waals surface area (Å²) in [6.07, 6.45) is 6.56. The van der Waals surface area contributed by atoms with Crippen molar-refractivity contribution < 1.29 is 4.79 Å². The van der Waals surface area contributed by atoms with Gasteiger partial charge in [0.05, 0.1) is 27.5 Å². The number of hydrogen-bond donors (Lipinski definition) is 2. The summed E-state index contributed by atoms with van der Waals surface area (Å²) in [5.74, 6) is 0.656. The van der Waals surface area contributed by atoms with Crippen molar-refractivity contribution in [3.8, 4) is 11.4 Å². The van der Waals surface area contributed by atoms with Crippen molar-refractivity contribution in [2.45, 2.75) is 13.0 Å². The Hall–Kier alpha value is -3.75. The topological polar surface area (TPSA) is 97.6 Å². The van der Waals surface area contributed by atoms with Crippen molar-refractivity contribution in [1.82, 2.24) is 24.7 Å². The van der Waals surface area contributed by atoms with Gasteiger partial charge < -0.3 is 10.6 Å². The highest BCUT2D eigenvalue weighted by Gasteiger charge is 2.36. The predicted molar refractivity (Wildman–Crippen MR) is 127 cm³/mol. The van der Waals surface area contributed by atoms with E-state index in [2.05, 4.69) is 25.6 Å². The molecule has 10 heteroatoms. The third-order valence-electron chi connectivity index (χ3n) is 5.23. The van der Waals surface area contributed by atoms with Crippen LogP contribution in [0.2, 0.25) is 10.0 Å². The van der Waals surface area contributed by atoms with Gasteiger partial charge in [0.1, 0.15) is 6.04 Å². The molecule has 1 amide bonds. The van der Waals surface area contributed by atoms with E-state index in [9.17, 15) is 4.79 Å². The molecule has 164 valence electrons. The molecule has 0 saturated heterocycles. The predicted octanol–water partition coefficient (Wildman–Crippen LogP) is 4.97. The minimum atomic E-state index is -0.660. The molecule has 5 rings (SSSR count). The molecule has 1 aromatic carbocycles. The number of aromatic nitrogens is 5. The molecule has 0 spiro atoms. The number of anilines is 2. The second kappa shape index (κ2) is 8.65. The van der Waals surface area contributed by atoms with Crippen LogP contribution in [0.25, 0.3) is 11.4 Å². The third-order valence-corrected chi connectivity index (χ3v) is 6.06. The zero-order valence-electron chi connectivity index (χ0n) is 17.3. The van der Waals surface area contributed by atoms with Crippen LogP contribution in [0, 0.1) is 0 Å². The molecular weight excluding hydrogens is 461 g/mol. The normalized spacial score (nSPS) is 15.1. The Balaban J connectivity index is 1.65. The Bertz CT molecular complexity index is 1370. The molecule has 1 aliphatic rings. The number of fused-ring (bicyclic) bond motifs is 1. The van der Waals surface area contributed by atoms with Crippen molar-refractivity contribution in [2.24, 2.45) is 0 Å². The molecular formula is C23H17Cl2N7O. The molecule has 0 saturated carbocycles. The monoisotopic (exact) mass is 477 g/mol. The molecule has 8 nitrogen and oxygen atoms in total. The van der Waals surface area contributed by atoms with E-state index < -0.39 is 6.04 Å². The zero-order chi connectivity index (χ0) is 22.9. The number of allylic oxidation sites excluding steroid dienone is 1. The van der Waals surface area contributed by atoms with E-state index in [0.29, 0.717) is 44.3 Å². The second-order valence-corrected chi connectivity index (χ2v) is 8.13. The van der Waals surface area contributed by atoms with Gasteiger partial charge in [0.2, 0.25) is 5.95 Å². The average molecular weight is 478 g/mol. The number of benzene rings is 1. The Morgan fingerprint density at radius 2 is 1.88 bits per heavy atom. The van der Waals surface area contributed by atoms with Gasteiger partial charge in [0.15, 0.2) is 5.82 Å². The summed E-state index contributed by atoms with van der Waals surface area (Å²) in [4.78, 5) is 26.2. The van der Waals surface area contributed by atoms with Crippen LogP contribution in [0.1, 0.15) is 18.5 Å². The van der Waals surface area contributed by atoms with Crippen LogP contribution in [0.15, 0.2) is 78.5 Å². The van der Waals surface area contributed by atoms with E-state index in [1.165, 1.54) is 0 Å². The van der Waals surface area contributed by atoms with Gasteiger partial charge in [-0.05, 0) is 37.3 Å². The smallest absolute Gasteiger partial charge is 0.255 e. The lowest BCUT2D eigenvalue weighted by Crippen LogP contribution is -2.31. The maximum absolute atomic E-state index is 13.5. The molecule has 0 bridgehead atoms. The van der Waals surface area contributed by atoms with Crippen LogP contribution in [0.5, 0.6) is 0 Å². The zero-order valence-corrected chi connectivity index (χ0v) is 18.8. The highest BCUT2D eigenvalue weighted by atomic mass is 35.5. The summed E-state index contributed by atoms with van der Waals surface area (Å²) >= 11 is 12.9. The molecule has 0 radical (unpaired) electrons. The van der Waals surface area contributed by atoms with E-state index >= 15 is 0 Å². The van der Waals surface area contributed by atoms with E-state index in [0.717, 1.165) is 5.56 Å². The molecule has 2 N–H and O–H groups in total. The number of amides is 1. The van der Waals surface area contributed by atoms with Crippen molar-refractivity contribution in [3.63, 3.8) is 0 Å². The van der Waals surface area contributed by atoms with Crippen LogP contribution < -0.4 is 10.6 Å². The van der Waals surface area contributed by atoms with Gasteiger partial charge in [-0.25, -0.2) is 4.68 Å². The average Bonchev–Trinajstić information content (AvgIpc) is 3.25. The first kappa shape index (κ1) is 21.1. The quantitative estimate of drug-likeness (QED) is 0.430. The lowest BCUT2D eigenvalue weighted by Gasteiger charge is -2.29. The minimum Gasteiger partial charge on any atom is -0.328 e. The number of carbonyl (C=O) groups excluding carboxylic acids is 1. The minimum absolute atomic E-state index is 0.319. The molecule has 3 aromatic heterocycles. The Morgan fingerprint density at radius 3 is 2.64 bits per heavy atom. The second-order valence-electron chi connectivity index (χ2n) is 7.34. The van der Waals surface area contributed by atoms with Gasteiger partial charge in [-0.15, -0.1) is 5.10 Å². The molecule has 0 fully saturated rings. The summed E-state index contributed by atoms with van der Waals surface area (Å²) in [6.45, 7) is 1.81. The van der Waals surface area contributed by atoms with Crippen LogP contribution in [-0.4, -0.2) is 30.6 Å². The Morgan fingerprint density at radius 1 is 1.06 bits per heavy atom. The molecule has 1 unspecified atom stereocenters. The SMILES string of the molecule is CC1=C(C(=O)Nc2cccnc2)C(c2cccc(Cl)c2Cl)n2nc(-c3ccncc3)nc2N1. The molecule has 33 heavy (non-hydrogen) atoms. The summed E-state index contributed by atoms with van der Waals surface area (Å²) in [6, 6.07) is 11.8. The van der Waals surface area contributed by atoms with Gasteiger partial charge in [0.25, 0.3) is 5.91 Å². The van der Waals surface area contributed by atoms with Crippen LogP contribution in [0.4, 0.5) is 11.6 Å². The number of hydrogen-bond acceptors (Lipinski definition) is 6. The summed E-state index contributed by atoms with van der Waals surface area (Å²) < 4.78 is 1.65. The Kier molecular flexibility index (Phi) is 5.53. The Labute approximate surface area is 199 Å². The first-order valence-electron chi connectivity index (χ1n) is 10.0. The van der Waals surface area contributed by atoms with Crippen molar-refractivity contribution in [3.05, 3.63) is 94.1 Å². The lowest BCUT2D eigenvalue weighted by atomic mass is 9.95. The fourth-order valence-electron chi connectivity index (χ4n) is 3.72. The fraction of sp³-hybridized carbons (Fsp3) is 0.0870. The third kappa shape index (κ3) is 3.94. The van der Waals surface area contributed by atoms with Gasteiger partial charge in [-0.1, -0.05) is 35.3 Å². The van der Waals surface area contributed by atoms with Crippen LogP contribution in [0.3, 0.4) is 0 Å². The number of carbonyl (C=O) groups is 1. The molecule has 4 heterocycles. The van der Waals surface area contributed by atoms with E-state index in [4.69, 9.17) is 28.3 Å². The van der Waals surface area contributed by atoms with Crippen molar-refractivity contribution >= 4 is 40.7 Å². The summed E-state index contributed by atoms with van der Waals surface area (Å²) in [7, 11) is 0. The molecule has 0 aliphatic carbocycles. The largest absolute Gasteiger partial charge is 0.328 e. The van der Waals surface area contributed by atoms with Gasteiger partial charge in [-0.2, -0.15) is 4.98 Å². The number of nitrogens with one attached hydrogen (secondary N) is 2. The molecule has 1 atom stereocenters. The number of pyridine rings is 2. The molecule has 1 aliphatic heterocycles. The van der Waals surface area contributed by atoms with Gasteiger partial charge in [-0.3, -0.25) is 14.8 Å².